The molecule has 2 aromatic carbocycles. The van der Waals surface area contributed by atoms with Gasteiger partial charge >= 0.3 is 0 Å². The molecule has 6 nitrogen and oxygen atoms in total. The molecule has 0 aromatic heterocycles. The van der Waals surface area contributed by atoms with Gasteiger partial charge in [-0.1, -0.05) is 17.7 Å². The lowest BCUT2D eigenvalue weighted by Crippen LogP contribution is -2.50. The van der Waals surface area contributed by atoms with E-state index in [-0.39, 0.29) is 41.7 Å². The van der Waals surface area contributed by atoms with Gasteiger partial charge in [0.25, 0.3) is 5.91 Å². The molecule has 0 aliphatic carbocycles. The number of nitrogens with zero attached hydrogens (tertiary/aromatic N) is 2. The molecule has 3 rings (SSSR count). The third-order valence-corrected chi connectivity index (χ3v) is 6.70. The van der Waals surface area contributed by atoms with Crippen LogP contribution < -0.4 is 4.74 Å². The van der Waals surface area contributed by atoms with Crippen molar-refractivity contribution in [3.63, 3.8) is 0 Å². The van der Waals surface area contributed by atoms with Gasteiger partial charge in [0, 0.05) is 26.2 Å². The minimum Gasteiger partial charge on any atom is -0.494 e. The highest BCUT2D eigenvalue weighted by Crippen LogP contribution is 2.24. The summed E-state index contributed by atoms with van der Waals surface area (Å²) >= 11 is 5.96. The van der Waals surface area contributed by atoms with Gasteiger partial charge in [0.1, 0.15) is 11.6 Å². The number of ether oxygens (including phenoxy) is 1. The molecule has 1 saturated heterocycles. The van der Waals surface area contributed by atoms with Crippen LogP contribution in [0.25, 0.3) is 0 Å². The van der Waals surface area contributed by atoms with Crippen LogP contribution in [0.3, 0.4) is 0 Å². The number of piperazine rings is 1. The molecule has 28 heavy (non-hydrogen) atoms. The summed E-state index contributed by atoms with van der Waals surface area (Å²) in [6, 6.07) is 10.3. The van der Waals surface area contributed by atoms with Crippen molar-refractivity contribution >= 4 is 27.5 Å². The van der Waals surface area contributed by atoms with E-state index in [4.69, 9.17) is 16.3 Å². The van der Waals surface area contributed by atoms with Crippen molar-refractivity contribution in [2.24, 2.45) is 0 Å². The van der Waals surface area contributed by atoms with Gasteiger partial charge in [-0.25, -0.2) is 12.8 Å². The van der Waals surface area contributed by atoms with Gasteiger partial charge in [-0.05, 0) is 43.3 Å². The first-order chi connectivity index (χ1) is 13.3. The average Bonchev–Trinajstić information content (AvgIpc) is 2.68. The molecule has 1 fully saturated rings. The maximum absolute atomic E-state index is 14.0. The fourth-order valence-electron chi connectivity index (χ4n) is 3.02. The van der Waals surface area contributed by atoms with E-state index in [9.17, 15) is 17.6 Å². The number of hydrogen-bond donors (Lipinski definition) is 0. The van der Waals surface area contributed by atoms with Crippen molar-refractivity contribution in [1.29, 1.82) is 0 Å². The number of carbonyl (C=O) groups is 1. The SMILES string of the molecule is CCOc1ccc(S(=O)(=O)N2CCN(C(=O)c3c(F)cccc3Cl)CC2)cc1. The van der Waals surface area contributed by atoms with E-state index < -0.39 is 21.7 Å². The summed E-state index contributed by atoms with van der Waals surface area (Å²) in [6.07, 6.45) is 0. The zero-order chi connectivity index (χ0) is 20.3. The molecular formula is C19H20ClFN2O4S. The van der Waals surface area contributed by atoms with Crippen molar-refractivity contribution in [2.75, 3.05) is 32.8 Å². The minimum absolute atomic E-state index is 0.0365. The summed E-state index contributed by atoms with van der Waals surface area (Å²) in [5.74, 6) is -0.637. The maximum Gasteiger partial charge on any atom is 0.258 e. The van der Waals surface area contributed by atoms with Gasteiger partial charge in [0.15, 0.2) is 0 Å². The van der Waals surface area contributed by atoms with E-state index in [1.165, 1.54) is 39.5 Å². The van der Waals surface area contributed by atoms with Gasteiger partial charge in [-0.3, -0.25) is 4.79 Å². The predicted molar refractivity (Wildman–Crippen MR) is 104 cm³/mol. The van der Waals surface area contributed by atoms with E-state index in [1.54, 1.807) is 12.1 Å². The molecule has 0 saturated carbocycles. The molecule has 0 unspecified atom stereocenters. The first-order valence-electron chi connectivity index (χ1n) is 8.81. The molecule has 0 N–H and O–H groups in total. The molecule has 150 valence electrons. The fourth-order valence-corrected chi connectivity index (χ4v) is 4.68. The molecule has 1 aliphatic rings. The zero-order valence-corrected chi connectivity index (χ0v) is 16.8. The second-order valence-electron chi connectivity index (χ2n) is 6.20. The van der Waals surface area contributed by atoms with Gasteiger partial charge < -0.3 is 9.64 Å². The molecule has 1 heterocycles. The molecule has 0 radical (unpaired) electrons. The Morgan fingerprint density at radius 3 is 2.32 bits per heavy atom. The Bertz CT molecular complexity index is 938. The first kappa shape index (κ1) is 20.6. The molecule has 0 atom stereocenters. The Morgan fingerprint density at radius 1 is 1.11 bits per heavy atom. The van der Waals surface area contributed by atoms with Crippen molar-refractivity contribution in [3.8, 4) is 5.75 Å². The molecule has 0 bridgehead atoms. The highest BCUT2D eigenvalue weighted by molar-refractivity contribution is 7.89. The smallest absolute Gasteiger partial charge is 0.258 e. The third kappa shape index (κ3) is 4.14. The van der Waals surface area contributed by atoms with Crippen LogP contribution >= 0.6 is 11.6 Å². The van der Waals surface area contributed by atoms with Crippen molar-refractivity contribution in [3.05, 3.63) is 58.9 Å². The summed E-state index contributed by atoms with van der Waals surface area (Å²) in [4.78, 5) is 14.2. The maximum atomic E-state index is 14.0. The molecular weight excluding hydrogens is 407 g/mol. The largest absolute Gasteiger partial charge is 0.494 e. The first-order valence-corrected chi connectivity index (χ1v) is 10.6. The standard InChI is InChI=1S/C19H20ClFN2O4S/c1-2-27-14-6-8-15(9-7-14)28(25,26)23-12-10-22(11-13-23)19(24)18-16(20)4-3-5-17(18)21/h3-9H,2,10-13H2,1H3. The van der Waals surface area contributed by atoms with Gasteiger partial charge in [0.05, 0.1) is 22.1 Å². The van der Waals surface area contributed by atoms with Gasteiger partial charge in [-0.15, -0.1) is 0 Å². The van der Waals surface area contributed by atoms with Gasteiger partial charge in [-0.2, -0.15) is 4.31 Å². The molecule has 9 heteroatoms. The van der Waals surface area contributed by atoms with Crippen molar-refractivity contribution < 1.29 is 22.3 Å². The summed E-state index contributed by atoms with van der Waals surface area (Å²) in [5, 5.41) is 0.0365. The van der Waals surface area contributed by atoms with E-state index in [1.807, 2.05) is 6.92 Å². The normalized spacial score (nSPS) is 15.5. The van der Waals surface area contributed by atoms with Crippen LogP contribution in [0.5, 0.6) is 5.75 Å². The number of amides is 1. The zero-order valence-electron chi connectivity index (χ0n) is 15.3. The van der Waals surface area contributed by atoms with Gasteiger partial charge in [0.2, 0.25) is 10.0 Å². The highest BCUT2D eigenvalue weighted by atomic mass is 35.5. The molecule has 1 amide bonds. The quantitative estimate of drug-likeness (QED) is 0.737. The third-order valence-electron chi connectivity index (χ3n) is 4.47. The Labute approximate surface area is 168 Å². The minimum atomic E-state index is -3.68. The lowest BCUT2D eigenvalue weighted by molar-refractivity contribution is 0.0693. The lowest BCUT2D eigenvalue weighted by atomic mass is 10.1. The van der Waals surface area contributed by atoms with E-state index >= 15 is 0 Å². The molecule has 1 aliphatic heterocycles. The Kier molecular flexibility index (Phi) is 6.22. The summed E-state index contributed by atoms with van der Waals surface area (Å²) < 4.78 is 46.2. The molecule has 0 spiro atoms. The summed E-state index contributed by atoms with van der Waals surface area (Å²) in [7, 11) is -3.68. The highest BCUT2D eigenvalue weighted by Gasteiger charge is 2.31. The van der Waals surface area contributed by atoms with Crippen LogP contribution in [0, 0.1) is 5.82 Å². The lowest BCUT2D eigenvalue weighted by Gasteiger charge is -2.34. The summed E-state index contributed by atoms with van der Waals surface area (Å²) in [5.41, 5.74) is -0.188. The van der Waals surface area contributed by atoms with E-state index in [0.29, 0.717) is 12.4 Å². The predicted octanol–water partition coefficient (Wildman–Crippen LogP) is 3.02. The number of benzene rings is 2. The Morgan fingerprint density at radius 2 is 1.75 bits per heavy atom. The number of carbonyl (C=O) groups excluding carboxylic acids is 1. The van der Waals surface area contributed by atoms with Crippen LogP contribution in [0.15, 0.2) is 47.4 Å². The van der Waals surface area contributed by atoms with E-state index in [2.05, 4.69) is 0 Å². The Balaban J connectivity index is 1.70. The van der Waals surface area contributed by atoms with Crippen LogP contribution in [0.2, 0.25) is 5.02 Å². The number of sulfonamides is 1. The van der Waals surface area contributed by atoms with Crippen molar-refractivity contribution in [2.45, 2.75) is 11.8 Å². The second-order valence-corrected chi connectivity index (χ2v) is 8.54. The number of halogens is 2. The van der Waals surface area contributed by atoms with Crippen LogP contribution in [-0.2, 0) is 10.0 Å². The summed E-state index contributed by atoms with van der Waals surface area (Å²) in [6.45, 7) is 2.88. The van der Waals surface area contributed by atoms with Crippen LogP contribution in [-0.4, -0.2) is 56.3 Å². The second kappa shape index (κ2) is 8.46. The Hall–Kier alpha value is -2.16. The van der Waals surface area contributed by atoms with Crippen molar-refractivity contribution in [1.82, 2.24) is 9.21 Å². The molecule has 2 aromatic rings. The number of rotatable bonds is 5. The monoisotopic (exact) mass is 426 g/mol. The average molecular weight is 427 g/mol. The van der Waals surface area contributed by atoms with Crippen LogP contribution in [0.4, 0.5) is 4.39 Å². The topological polar surface area (TPSA) is 66.9 Å². The number of hydrogen-bond acceptors (Lipinski definition) is 4. The fraction of sp³-hybridized carbons (Fsp3) is 0.316. The van der Waals surface area contributed by atoms with E-state index in [0.717, 1.165) is 0 Å². The van der Waals surface area contributed by atoms with Crippen LogP contribution in [0.1, 0.15) is 17.3 Å².